The quantitative estimate of drug-likeness (QED) is 0.773. The summed E-state index contributed by atoms with van der Waals surface area (Å²) in [7, 11) is 0. The Morgan fingerprint density at radius 3 is 2.95 bits per heavy atom. The van der Waals surface area contributed by atoms with E-state index in [1.807, 2.05) is 6.92 Å². The highest BCUT2D eigenvalue weighted by Gasteiger charge is 2.36. The number of piperidine rings is 1. The lowest BCUT2D eigenvalue weighted by Crippen LogP contribution is -2.49. The van der Waals surface area contributed by atoms with Gasteiger partial charge in [0.1, 0.15) is 6.04 Å². The van der Waals surface area contributed by atoms with Crippen LogP contribution in [0.1, 0.15) is 30.3 Å². The molecule has 1 amide bonds. The Morgan fingerprint density at radius 1 is 1.55 bits per heavy atom. The summed E-state index contributed by atoms with van der Waals surface area (Å²) in [6.45, 7) is 3.30. The molecule has 8 nitrogen and oxygen atoms in total. The number of likely N-dealkylation sites (tertiary alicyclic amines) is 1. The fourth-order valence-corrected chi connectivity index (χ4v) is 2.40. The number of amides is 1. The molecular weight excluding hydrogens is 262 g/mol. The van der Waals surface area contributed by atoms with Gasteiger partial charge in [-0.1, -0.05) is 12.1 Å². The Hall–Kier alpha value is -1.96. The van der Waals surface area contributed by atoms with Crippen LogP contribution >= 0.6 is 0 Å². The van der Waals surface area contributed by atoms with Crippen LogP contribution in [0.2, 0.25) is 0 Å². The standard InChI is InChI=1S/C12H19N5O3/c1-8-2-4-17(10(6-8)12(19)20)11(18)9-7-16(5-3-13)15-14-9/h7-8,10H,2-6,13H2,1H3,(H,19,20). The third-order valence-electron chi connectivity index (χ3n) is 3.53. The Bertz CT molecular complexity index is 501. The van der Waals surface area contributed by atoms with Crippen molar-refractivity contribution in [2.24, 2.45) is 11.7 Å². The van der Waals surface area contributed by atoms with Crippen molar-refractivity contribution in [2.45, 2.75) is 32.4 Å². The third-order valence-corrected chi connectivity index (χ3v) is 3.53. The number of carboxylic acids is 1. The molecule has 0 saturated carbocycles. The molecule has 2 unspecified atom stereocenters. The predicted molar refractivity (Wildman–Crippen MR) is 69.9 cm³/mol. The SMILES string of the molecule is CC1CCN(C(=O)c2cn(CCN)nn2)C(C(=O)O)C1. The average molecular weight is 281 g/mol. The van der Waals surface area contributed by atoms with E-state index in [4.69, 9.17) is 5.73 Å². The molecule has 8 heteroatoms. The molecule has 1 fully saturated rings. The minimum Gasteiger partial charge on any atom is -0.480 e. The Labute approximate surface area is 116 Å². The van der Waals surface area contributed by atoms with Crippen LogP contribution in [0.3, 0.4) is 0 Å². The van der Waals surface area contributed by atoms with Crippen molar-refractivity contribution >= 4 is 11.9 Å². The van der Waals surface area contributed by atoms with Gasteiger partial charge in [0, 0.05) is 13.1 Å². The van der Waals surface area contributed by atoms with Crippen LogP contribution in [0.25, 0.3) is 0 Å². The van der Waals surface area contributed by atoms with Crippen molar-refractivity contribution in [3.63, 3.8) is 0 Å². The van der Waals surface area contributed by atoms with E-state index in [1.54, 1.807) is 0 Å². The summed E-state index contributed by atoms with van der Waals surface area (Å²) in [4.78, 5) is 25.0. The number of hydrogen-bond donors (Lipinski definition) is 2. The lowest BCUT2D eigenvalue weighted by molar-refractivity contribution is -0.144. The predicted octanol–water partition coefficient (Wildman–Crippen LogP) is -0.438. The maximum Gasteiger partial charge on any atom is 0.326 e. The summed E-state index contributed by atoms with van der Waals surface area (Å²) >= 11 is 0. The van der Waals surface area contributed by atoms with Crippen LogP contribution in [0.4, 0.5) is 0 Å². The minimum atomic E-state index is -0.973. The van der Waals surface area contributed by atoms with Gasteiger partial charge in [-0.3, -0.25) is 9.48 Å². The Kier molecular flexibility index (Phi) is 4.33. The monoisotopic (exact) mass is 281 g/mol. The number of aliphatic carboxylic acids is 1. The molecule has 0 bridgehead atoms. The molecule has 3 N–H and O–H groups in total. The average Bonchev–Trinajstić information content (AvgIpc) is 2.87. The first-order valence-electron chi connectivity index (χ1n) is 6.67. The largest absolute Gasteiger partial charge is 0.480 e. The van der Waals surface area contributed by atoms with Gasteiger partial charge in [-0.25, -0.2) is 4.79 Å². The van der Waals surface area contributed by atoms with E-state index in [0.29, 0.717) is 32.0 Å². The van der Waals surface area contributed by atoms with E-state index in [9.17, 15) is 14.7 Å². The topological polar surface area (TPSA) is 114 Å². The van der Waals surface area contributed by atoms with Gasteiger partial charge in [0.2, 0.25) is 0 Å². The molecule has 0 radical (unpaired) electrons. The molecule has 20 heavy (non-hydrogen) atoms. The Balaban J connectivity index is 2.15. The number of hydrogen-bond acceptors (Lipinski definition) is 5. The number of nitrogens with zero attached hydrogens (tertiary/aromatic N) is 4. The molecule has 1 aromatic heterocycles. The maximum atomic E-state index is 12.4. The van der Waals surface area contributed by atoms with Gasteiger partial charge in [-0.05, 0) is 18.8 Å². The van der Waals surface area contributed by atoms with Gasteiger partial charge in [0.05, 0.1) is 12.7 Å². The summed E-state index contributed by atoms with van der Waals surface area (Å²) < 4.78 is 1.48. The van der Waals surface area contributed by atoms with Gasteiger partial charge in [-0.15, -0.1) is 5.10 Å². The van der Waals surface area contributed by atoms with Gasteiger partial charge < -0.3 is 15.7 Å². The second-order valence-electron chi connectivity index (χ2n) is 5.14. The van der Waals surface area contributed by atoms with E-state index in [0.717, 1.165) is 6.42 Å². The van der Waals surface area contributed by atoms with Crippen LogP contribution in [0, 0.1) is 5.92 Å². The molecule has 110 valence electrons. The summed E-state index contributed by atoms with van der Waals surface area (Å²) in [5.41, 5.74) is 5.57. The van der Waals surface area contributed by atoms with Crippen molar-refractivity contribution in [1.29, 1.82) is 0 Å². The smallest absolute Gasteiger partial charge is 0.326 e. The molecule has 0 aromatic carbocycles. The normalized spacial score (nSPS) is 22.8. The number of carboxylic acid groups (broad SMARTS) is 1. The van der Waals surface area contributed by atoms with Crippen LogP contribution in [0.15, 0.2) is 6.20 Å². The van der Waals surface area contributed by atoms with Gasteiger partial charge in [-0.2, -0.15) is 0 Å². The van der Waals surface area contributed by atoms with Crippen molar-refractivity contribution in [2.75, 3.05) is 13.1 Å². The number of carbonyl (C=O) groups is 2. The maximum absolute atomic E-state index is 12.4. The van der Waals surface area contributed by atoms with Crippen molar-refractivity contribution < 1.29 is 14.7 Å². The van der Waals surface area contributed by atoms with Crippen LogP contribution in [-0.2, 0) is 11.3 Å². The number of nitrogens with two attached hydrogens (primary N) is 1. The van der Waals surface area contributed by atoms with Crippen molar-refractivity contribution in [3.05, 3.63) is 11.9 Å². The molecule has 2 heterocycles. The highest BCUT2D eigenvalue weighted by Crippen LogP contribution is 2.24. The Morgan fingerprint density at radius 2 is 2.30 bits per heavy atom. The molecule has 2 atom stereocenters. The highest BCUT2D eigenvalue weighted by molar-refractivity contribution is 5.94. The molecule has 0 spiro atoms. The molecule has 1 saturated heterocycles. The zero-order valence-corrected chi connectivity index (χ0v) is 11.4. The van der Waals surface area contributed by atoms with Crippen LogP contribution < -0.4 is 5.73 Å². The van der Waals surface area contributed by atoms with E-state index in [2.05, 4.69) is 10.3 Å². The number of aromatic nitrogens is 3. The molecule has 2 rings (SSSR count). The lowest BCUT2D eigenvalue weighted by Gasteiger charge is -2.35. The van der Waals surface area contributed by atoms with Crippen LogP contribution in [0.5, 0.6) is 0 Å². The van der Waals surface area contributed by atoms with Gasteiger partial charge in [0.25, 0.3) is 5.91 Å². The van der Waals surface area contributed by atoms with Gasteiger partial charge >= 0.3 is 5.97 Å². The minimum absolute atomic E-state index is 0.166. The first-order valence-corrected chi connectivity index (χ1v) is 6.67. The second-order valence-corrected chi connectivity index (χ2v) is 5.14. The summed E-state index contributed by atoms with van der Waals surface area (Å²) in [6.07, 6.45) is 2.77. The number of rotatable bonds is 4. The molecule has 1 aliphatic rings. The second kappa shape index (κ2) is 6.00. The number of carbonyl (C=O) groups excluding carboxylic acids is 1. The summed E-state index contributed by atoms with van der Waals surface area (Å²) in [5, 5.41) is 16.9. The highest BCUT2D eigenvalue weighted by atomic mass is 16.4. The van der Waals surface area contributed by atoms with E-state index < -0.39 is 12.0 Å². The first kappa shape index (κ1) is 14.4. The fourth-order valence-electron chi connectivity index (χ4n) is 2.40. The summed E-state index contributed by atoms with van der Waals surface area (Å²) in [6, 6.07) is -0.786. The molecule has 1 aliphatic heterocycles. The lowest BCUT2D eigenvalue weighted by atomic mass is 9.92. The van der Waals surface area contributed by atoms with Crippen molar-refractivity contribution in [1.82, 2.24) is 19.9 Å². The van der Waals surface area contributed by atoms with E-state index in [-0.39, 0.29) is 11.6 Å². The van der Waals surface area contributed by atoms with E-state index in [1.165, 1.54) is 15.8 Å². The van der Waals surface area contributed by atoms with Crippen LogP contribution in [-0.4, -0.2) is 56.0 Å². The summed E-state index contributed by atoms with van der Waals surface area (Å²) in [5.74, 6) is -1.06. The molecular formula is C12H19N5O3. The third kappa shape index (κ3) is 2.96. The van der Waals surface area contributed by atoms with E-state index >= 15 is 0 Å². The molecule has 1 aromatic rings. The fraction of sp³-hybridized carbons (Fsp3) is 0.667. The zero-order valence-electron chi connectivity index (χ0n) is 11.4. The molecule has 0 aliphatic carbocycles. The first-order chi connectivity index (χ1) is 9.52. The van der Waals surface area contributed by atoms with Gasteiger partial charge in [0.15, 0.2) is 5.69 Å². The van der Waals surface area contributed by atoms with Crippen molar-refractivity contribution in [3.8, 4) is 0 Å². The zero-order chi connectivity index (χ0) is 14.7.